The maximum absolute atomic E-state index is 13.2. The SMILES string of the molecule is CN(C)CCN(Cc1ccccc1)C(=O)CN1CCN(C(=O)c2csc(NC3CCCCC3)n2)CC1. The van der Waals surface area contributed by atoms with Crippen LogP contribution in [0.5, 0.6) is 0 Å². The number of amides is 2. The molecule has 2 aromatic rings. The Kier molecular flexibility index (Phi) is 9.72. The minimum Gasteiger partial charge on any atom is -0.359 e. The van der Waals surface area contributed by atoms with Crippen LogP contribution in [-0.4, -0.2) is 102 Å². The van der Waals surface area contributed by atoms with Gasteiger partial charge in [0, 0.05) is 57.2 Å². The van der Waals surface area contributed by atoms with Gasteiger partial charge in [-0.2, -0.15) is 0 Å². The average Bonchev–Trinajstić information content (AvgIpc) is 3.36. The molecule has 0 bridgehead atoms. The van der Waals surface area contributed by atoms with E-state index in [1.165, 1.54) is 43.4 Å². The molecular formula is C27H40N6O2S. The summed E-state index contributed by atoms with van der Waals surface area (Å²) in [5.41, 5.74) is 1.67. The van der Waals surface area contributed by atoms with Crippen LogP contribution in [0.2, 0.25) is 0 Å². The number of aromatic nitrogens is 1. The van der Waals surface area contributed by atoms with Gasteiger partial charge in [0.25, 0.3) is 5.91 Å². The number of nitrogens with one attached hydrogen (secondary N) is 1. The summed E-state index contributed by atoms with van der Waals surface area (Å²) >= 11 is 1.52. The zero-order valence-electron chi connectivity index (χ0n) is 21.7. The van der Waals surface area contributed by atoms with Gasteiger partial charge in [0.15, 0.2) is 5.13 Å². The number of carbonyl (C=O) groups excluding carboxylic acids is 2. The lowest BCUT2D eigenvalue weighted by atomic mass is 9.96. The summed E-state index contributed by atoms with van der Waals surface area (Å²) in [6.07, 6.45) is 6.21. The van der Waals surface area contributed by atoms with Crippen LogP contribution < -0.4 is 5.32 Å². The van der Waals surface area contributed by atoms with Gasteiger partial charge in [-0.05, 0) is 32.5 Å². The highest BCUT2D eigenvalue weighted by Gasteiger charge is 2.26. The average molecular weight is 513 g/mol. The molecule has 36 heavy (non-hydrogen) atoms. The van der Waals surface area contributed by atoms with E-state index in [4.69, 9.17) is 0 Å². The summed E-state index contributed by atoms with van der Waals surface area (Å²) in [4.78, 5) is 38.9. The van der Waals surface area contributed by atoms with E-state index in [-0.39, 0.29) is 11.8 Å². The summed E-state index contributed by atoms with van der Waals surface area (Å²) in [6, 6.07) is 10.6. The molecule has 2 fully saturated rings. The highest BCUT2D eigenvalue weighted by molar-refractivity contribution is 7.13. The lowest BCUT2D eigenvalue weighted by Gasteiger charge is -2.35. The predicted octanol–water partition coefficient (Wildman–Crippen LogP) is 3.24. The molecule has 1 aliphatic carbocycles. The number of likely N-dealkylation sites (N-methyl/N-ethyl adjacent to an activating group) is 1. The number of rotatable bonds is 10. The molecule has 2 amide bonds. The van der Waals surface area contributed by atoms with Gasteiger partial charge in [-0.15, -0.1) is 11.3 Å². The highest BCUT2D eigenvalue weighted by atomic mass is 32.1. The molecule has 196 valence electrons. The van der Waals surface area contributed by atoms with Gasteiger partial charge in [-0.25, -0.2) is 4.98 Å². The van der Waals surface area contributed by atoms with E-state index in [1.807, 2.05) is 47.5 Å². The monoisotopic (exact) mass is 512 g/mol. The fourth-order valence-electron chi connectivity index (χ4n) is 4.84. The maximum atomic E-state index is 13.2. The number of nitrogens with zero attached hydrogens (tertiary/aromatic N) is 5. The van der Waals surface area contributed by atoms with Crippen molar-refractivity contribution in [2.45, 2.75) is 44.7 Å². The van der Waals surface area contributed by atoms with E-state index in [2.05, 4.69) is 32.2 Å². The van der Waals surface area contributed by atoms with E-state index in [1.54, 1.807) is 0 Å². The van der Waals surface area contributed by atoms with Gasteiger partial charge in [0.2, 0.25) is 5.91 Å². The summed E-state index contributed by atoms with van der Waals surface area (Å²) in [5, 5.41) is 6.24. The first-order valence-corrected chi connectivity index (χ1v) is 14.1. The highest BCUT2D eigenvalue weighted by Crippen LogP contribution is 2.24. The molecule has 4 rings (SSSR count). The van der Waals surface area contributed by atoms with Crippen LogP contribution in [0.1, 0.15) is 48.2 Å². The van der Waals surface area contributed by atoms with Crippen LogP contribution in [0.25, 0.3) is 0 Å². The number of hydrogen-bond donors (Lipinski definition) is 1. The Hall–Kier alpha value is -2.49. The van der Waals surface area contributed by atoms with Crippen molar-refractivity contribution in [3.8, 4) is 0 Å². The number of anilines is 1. The van der Waals surface area contributed by atoms with Crippen LogP contribution in [0, 0.1) is 0 Å². The molecule has 1 N–H and O–H groups in total. The predicted molar refractivity (Wildman–Crippen MR) is 145 cm³/mol. The normalized spacial score (nSPS) is 17.4. The number of benzene rings is 1. The lowest BCUT2D eigenvalue weighted by molar-refractivity contribution is -0.133. The van der Waals surface area contributed by atoms with E-state index in [9.17, 15) is 9.59 Å². The Morgan fingerprint density at radius 2 is 1.75 bits per heavy atom. The first-order chi connectivity index (χ1) is 17.5. The second-order valence-electron chi connectivity index (χ2n) is 10.2. The van der Waals surface area contributed by atoms with Crippen molar-refractivity contribution in [1.29, 1.82) is 0 Å². The van der Waals surface area contributed by atoms with Gasteiger partial charge in [0.1, 0.15) is 5.69 Å². The van der Waals surface area contributed by atoms with Crippen LogP contribution in [0.15, 0.2) is 35.7 Å². The molecule has 8 nitrogen and oxygen atoms in total. The Morgan fingerprint density at radius 1 is 1.03 bits per heavy atom. The maximum Gasteiger partial charge on any atom is 0.273 e. The molecule has 1 aromatic carbocycles. The van der Waals surface area contributed by atoms with Gasteiger partial charge in [-0.1, -0.05) is 49.6 Å². The summed E-state index contributed by atoms with van der Waals surface area (Å²) in [7, 11) is 4.05. The second-order valence-corrected chi connectivity index (χ2v) is 11.0. The minimum absolute atomic E-state index is 0.00870. The molecule has 0 atom stereocenters. The molecule has 1 saturated carbocycles. The van der Waals surface area contributed by atoms with Crippen molar-refractivity contribution in [2.75, 3.05) is 65.2 Å². The standard InChI is InChI=1S/C27H40N6O2S/c1-30(2)13-16-33(19-22-9-5-3-6-10-22)25(34)20-31-14-17-32(18-15-31)26(35)24-21-36-27(29-24)28-23-11-7-4-8-12-23/h3,5-6,9-10,21,23H,4,7-8,11-20H2,1-2H3,(H,28,29). The molecule has 0 spiro atoms. The third-order valence-electron chi connectivity index (χ3n) is 7.06. The van der Waals surface area contributed by atoms with Crippen molar-refractivity contribution in [1.82, 2.24) is 24.6 Å². The molecule has 9 heteroatoms. The smallest absolute Gasteiger partial charge is 0.273 e. The minimum atomic E-state index is -0.00870. The largest absolute Gasteiger partial charge is 0.359 e. The summed E-state index contributed by atoms with van der Waals surface area (Å²) < 4.78 is 0. The van der Waals surface area contributed by atoms with E-state index < -0.39 is 0 Å². The summed E-state index contributed by atoms with van der Waals surface area (Å²) in [5.74, 6) is 0.129. The Morgan fingerprint density at radius 3 is 2.44 bits per heavy atom. The molecule has 2 aliphatic rings. The summed E-state index contributed by atoms with van der Waals surface area (Å²) in [6.45, 7) is 5.15. The van der Waals surface area contributed by atoms with Crippen LogP contribution in [0.3, 0.4) is 0 Å². The van der Waals surface area contributed by atoms with Gasteiger partial charge >= 0.3 is 0 Å². The molecule has 1 aliphatic heterocycles. The van der Waals surface area contributed by atoms with E-state index in [0.29, 0.717) is 57.5 Å². The zero-order chi connectivity index (χ0) is 25.3. The van der Waals surface area contributed by atoms with Crippen LogP contribution in [-0.2, 0) is 11.3 Å². The quantitative estimate of drug-likeness (QED) is 0.527. The van der Waals surface area contributed by atoms with Crippen molar-refractivity contribution in [3.05, 3.63) is 47.0 Å². The number of carbonyl (C=O) groups is 2. The molecule has 0 radical (unpaired) electrons. The molecule has 1 saturated heterocycles. The number of thiazole rings is 1. The molecular weight excluding hydrogens is 472 g/mol. The third kappa shape index (κ3) is 7.75. The fourth-order valence-corrected chi connectivity index (χ4v) is 5.60. The van der Waals surface area contributed by atoms with Crippen molar-refractivity contribution >= 4 is 28.3 Å². The van der Waals surface area contributed by atoms with E-state index in [0.717, 1.165) is 17.2 Å². The van der Waals surface area contributed by atoms with Gasteiger partial charge in [-0.3, -0.25) is 14.5 Å². The first kappa shape index (κ1) is 26.6. The van der Waals surface area contributed by atoms with E-state index >= 15 is 0 Å². The Bertz CT molecular complexity index is 968. The molecule has 1 aromatic heterocycles. The van der Waals surface area contributed by atoms with Gasteiger partial charge < -0.3 is 20.0 Å². The zero-order valence-corrected chi connectivity index (χ0v) is 22.5. The van der Waals surface area contributed by atoms with Crippen molar-refractivity contribution < 1.29 is 9.59 Å². The fraction of sp³-hybridized carbons (Fsp3) is 0.593. The lowest BCUT2D eigenvalue weighted by Crippen LogP contribution is -2.52. The van der Waals surface area contributed by atoms with Crippen molar-refractivity contribution in [3.63, 3.8) is 0 Å². The van der Waals surface area contributed by atoms with Gasteiger partial charge in [0.05, 0.1) is 6.54 Å². The van der Waals surface area contributed by atoms with Crippen LogP contribution in [0.4, 0.5) is 5.13 Å². The number of hydrogen-bond acceptors (Lipinski definition) is 7. The first-order valence-electron chi connectivity index (χ1n) is 13.2. The van der Waals surface area contributed by atoms with Crippen LogP contribution >= 0.6 is 11.3 Å². The molecule has 0 unspecified atom stereocenters. The topological polar surface area (TPSA) is 72.0 Å². The molecule has 2 heterocycles. The van der Waals surface area contributed by atoms with Crippen molar-refractivity contribution in [2.24, 2.45) is 0 Å². The third-order valence-corrected chi connectivity index (χ3v) is 7.83. The second kappa shape index (κ2) is 13.2. The Balaban J connectivity index is 1.26. The Labute approximate surface area is 219 Å². The number of piperazine rings is 1.